The van der Waals surface area contributed by atoms with Crippen molar-refractivity contribution >= 4 is 0 Å². The van der Waals surface area contributed by atoms with Gasteiger partial charge < -0.3 is 0 Å². The first-order chi connectivity index (χ1) is 3.71. The molecule has 0 spiro atoms. The zero-order valence-electron chi connectivity index (χ0n) is 3.67. The van der Waals surface area contributed by atoms with E-state index in [-0.39, 0.29) is 0 Å². The average Bonchev–Trinajstić information content (AvgIpc) is 1.14. The fraction of sp³-hybridized carbons (Fsp3) is 0. The molecule has 9 heteroatoms. The second-order valence-electron chi connectivity index (χ2n) is 0.885. The molecule has 0 unspecified atom stereocenters. The molecule has 0 aromatic heterocycles. The van der Waals surface area contributed by atoms with Gasteiger partial charge in [0.25, 0.3) is 0 Å². The van der Waals surface area contributed by atoms with E-state index in [0.29, 0.717) is 0 Å². The van der Waals surface area contributed by atoms with Gasteiger partial charge in [-0.05, 0) is 0 Å². The molecule has 0 fully saturated rings. The average molecular weight is 304 g/mol. The summed E-state index contributed by atoms with van der Waals surface area (Å²) >= 11 is -12.7. The van der Waals surface area contributed by atoms with Gasteiger partial charge in [0.05, 0.1) is 0 Å². The molecule has 9 heavy (non-hydrogen) atoms. The third-order valence-electron chi connectivity index (χ3n) is 0.167. The summed E-state index contributed by atoms with van der Waals surface area (Å²) < 4.78 is 59.2. The first-order valence-corrected chi connectivity index (χ1v) is 7.89. The van der Waals surface area contributed by atoms with Gasteiger partial charge in [-0.15, -0.1) is 0 Å². The van der Waals surface area contributed by atoms with E-state index in [0.717, 1.165) is 0 Å². The Morgan fingerprint density at radius 3 is 0.889 bits per heavy atom. The third-order valence-corrected chi connectivity index (χ3v) is 5.83. The zero-order chi connectivity index (χ0) is 7.71. The van der Waals surface area contributed by atoms with E-state index in [1.165, 1.54) is 0 Å². The predicted molar refractivity (Wildman–Crippen MR) is 5.20 cm³/mol. The van der Waals surface area contributed by atoms with Crippen LogP contribution in [0.4, 0.5) is 0 Å². The molecule has 0 radical (unpaired) electrons. The second kappa shape index (κ2) is 2.40. The topological polar surface area (TPSA) is 112 Å². The molecule has 7 nitrogen and oxygen atoms in total. The summed E-state index contributed by atoms with van der Waals surface area (Å²) in [5.41, 5.74) is 0. The van der Waals surface area contributed by atoms with Gasteiger partial charge in [-0.2, -0.15) is 0 Å². The van der Waals surface area contributed by atoms with Gasteiger partial charge in [0.2, 0.25) is 0 Å². The molecule has 0 rings (SSSR count). The molecule has 0 aliphatic rings. The Bertz CT molecular complexity index is 305. The van der Waals surface area contributed by atoms with Crippen LogP contribution in [0.25, 0.3) is 0 Å². The molecule has 0 aromatic rings. The predicted octanol–water partition coefficient (Wildman–Crippen LogP) is -0.786. The Hall–Kier alpha value is 0.137. The van der Waals surface area contributed by atoms with Gasteiger partial charge in [0.15, 0.2) is 0 Å². The Labute approximate surface area is 55.1 Å². The number of rotatable bonds is 2. The van der Waals surface area contributed by atoms with Gasteiger partial charge in [-0.1, -0.05) is 0 Å². The molecule has 0 amide bonds. The molecular formula is Mo2O7. The van der Waals surface area contributed by atoms with E-state index in [9.17, 15) is 20.4 Å². The van der Waals surface area contributed by atoms with Crippen LogP contribution in [0, 0.1) is 0 Å². The van der Waals surface area contributed by atoms with Crippen LogP contribution in [0.15, 0.2) is 0 Å². The molecule has 0 aliphatic heterocycles. The maximum absolute atomic E-state index is 9.42. The molecule has 0 saturated heterocycles. The quantitative estimate of drug-likeness (QED) is 0.615. The molecule has 54 valence electrons. The molecule has 0 atom stereocenters. The van der Waals surface area contributed by atoms with E-state index in [1.807, 2.05) is 0 Å². The molecule has 0 saturated carbocycles. The molecule has 0 N–H and O–H groups in total. The Morgan fingerprint density at radius 2 is 0.889 bits per heavy atom. The summed E-state index contributed by atoms with van der Waals surface area (Å²) in [6, 6.07) is 0. The normalized spacial score (nSPS) is 13.3. The zero-order valence-corrected chi connectivity index (χ0v) is 7.69. The van der Waals surface area contributed by atoms with Crippen LogP contribution in [0.5, 0.6) is 0 Å². The van der Waals surface area contributed by atoms with Crippen molar-refractivity contribution in [1.29, 1.82) is 0 Å². The fourth-order valence-corrected chi connectivity index (χ4v) is 3.57. The summed E-state index contributed by atoms with van der Waals surface area (Å²) in [5.74, 6) is 0. The van der Waals surface area contributed by atoms with Crippen molar-refractivity contribution in [3.8, 4) is 0 Å². The third kappa shape index (κ3) is 8.14. The second-order valence-corrected chi connectivity index (χ2v) is 7.21. The summed E-state index contributed by atoms with van der Waals surface area (Å²) in [5, 5.41) is 0. The number of hydrogen-bond acceptors (Lipinski definition) is 7. The summed E-state index contributed by atoms with van der Waals surface area (Å²) in [6.45, 7) is 0. The summed E-state index contributed by atoms with van der Waals surface area (Å²) in [4.78, 5) is 0. The van der Waals surface area contributed by atoms with Gasteiger partial charge >= 0.3 is 55.1 Å². The molecule has 0 aliphatic carbocycles. The minimum absolute atomic E-state index is 2.67. The number of hydrogen-bond donors (Lipinski definition) is 0. The van der Waals surface area contributed by atoms with Gasteiger partial charge in [-0.3, -0.25) is 0 Å². The SMILES string of the molecule is [O]=[Mo](=[O])(=[O])[O][Mo](=[O])(=[O])=[O]. The van der Waals surface area contributed by atoms with Gasteiger partial charge in [0, 0.05) is 0 Å². The Morgan fingerprint density at radius 1 is 0.667 bits per heavy atom. The van der Waals surface area contributed by atoms with Crippen LogP contribution in [0.3, 0.4) is 0 Å². The van der Waals surface area contributed by atoms with Crippen LogP contribution in [-0.2, 0) is 55.1 Å². The van der Waals surface area contributed by atoms with Crippen LogP contribution in [0.1, 0.15) is 0 Å². The Kier molecular flexibility index (Phi) is 2.44. The van der Waals surface area contributed by atoms with Gasteiger partial charge in [-0.25, -0.2) is 0 Å². The van der Waals surface area contributed by atoms with E-state index < -0.39 is 32.7 Å². The van der Waals surface area contributed by atoms with Crippen molar-refractivity contribution in [2.45, 2.75) is 0 Å². The van der Waals surface area contributed by atoms with Crippen molar-refractivity contribution in [3.05, 3.63) is 0 Å². The van der Waals surface area contributed by atoms with Crippen molar-refractivity contribution in [2.24, 2.45) is 0 Å². The van der Waals surface area contributed by atoms with E-state index in [2.05, 4.69) is 2.04 Å². The van der Waals surface area contributed by atoms with Crippen molar-refractivity contribution in [2.75, 3.05) is 0 Å². The van der Waals surface area contributed by atoms with E-state index in [4.69, 9.17) is 0 Å². The van der Waals surface area contributed by atoms with E-state index >= 15 is 0 Å². The summed E-state index contributed by atoms with van der Waals surface area (Å²) in [7, 11) is 0. The first-order valence-electron chi connectivity index (χ1n) is 1.33. The van der Waals surface area contributed by atoms with Crippen LogP contribution in [0.2, 0.25) is 0 Å². The monoisotopic (exact) mass is 308 g/mol. The Balaban J connectivity index is 4.91. The molecule has 0 heterocycles. The van der Waals surface area contributed by atoms with Crippen LogP contribution in [-0.4, -0.2) is 0 Å². The fourth-order valence-electron chi connectivity index (χ4n) is 0.102. The van der Waals surface area contributed by atoms with Crippen molar-refractivity contribution in [3.63, 3.8) is 0 Å². The van der Waals surface area contributed by atoms with Crippen molar-refractivity contribution < 1.29 is 55.1 Å². The molecular weight excluding hydrogens is 304 g/mol. The van der Waals surface area contributed by atoms with Crippen LogP contribution < -0.4 is 0 Å². The standard InChI is InChI=1S/2Mo.7O. The molecule has 0 bridgehead atoms. The molecule has 0 aromatic carbocycles. The van der Waals surface area contributed by atoms with Crippen molar-refractivity contribution in [1.82, 2.24) is 0 Å². The first kappa shape index (κ1) is 9.14. The van der Waals surface area contributed by atoms with E-state index in [1.54, 1.807) is 0 Å². The minimum atomic E-state index is -6.37. The summed E-state index contributed by atoms with van der Waals surface area (Å²) in [6.07, 6.45) is 0. The van der Waals surface area contributed by atoms with Crippen LogP contribution >= 0.6 is 0 Å². The maximum atomic E-state index is 9.42. The van der Waals surface area contributed by atoms with Gasteiger partial charge in [0.1, 0.15) is 0 Å².